The van der Waals surface area contributed by atoms with Crippen LogP contribution < -0.4 is 0 Å². The van der Waals surface area contributed by atoms with Gasteiger partial charge in [0, 0.05) is 11.5 Å². The van der Waals surface area contributed by atoms with Gasteiger partial charge in [0.25, 0.3) is 0 Å². The van der Waals surface area contributed by atoms with E-state index in [1.807, 2.05) is 0 Å². The average molecular weight is 204 g/mol. The van der Waals surface area contributed by atoms with Gasteiger partial charge in [-0.1, -0.05) is 65.5 Å². The first-order valence-corrected chi connectivity index (χ1v) is 5.76. The van der Waals surface area contributed by atoms with E-state index in [1.165, 1.54) is 5.57 Å². The molecule has 0 saturated carbocycles. The fraction of sp³-hybridized carbons (Fsp3) is 0.600. The largest absolute Gasteiger partial charge is 0.0955 e. The van der Waals surface area contributed by atoms with Crippen molar-refractivity contribution in [2.24, 2.45) is 17.8 Å². The molecule has 0 saturated heterocycles. The van der Waals surface area contributed by atoms with Crippen molar-refractivity contribution < 1.29 is 0 Å². The molecule has 0 aliphatic carbocycles. The summed E-state index contributed by atoms with van der Waals surface area (Å²) in [5.41, 5.74) is 2.36. The van der Waals surface area contributed by atoms with Crippen LogP contribution in [0.3, 0.4) is 0 Å². The van der Waals surface area contributed by atoms with Gasteiger partial charge in [-0.2, -0.15) is 0 Å². The second kappa shape index (κ2) is 6.51. The smallest absolute Gasteiger partial charge is 0.0149 e. The van der Waals surface area contributed by atoms with E-state index in [4.69, 9.17) is 0 Å². The SMILES string of the molecule is C=C(/C=C(/C#CC(C)C)C(C)C)C(C)C. The minimum absolute atomic E-state index is 0.430. The lowest BCUT2D eigenvalue weighted by molar-refractivity contribution is 0.768. The summed E-state index contributed by atoms with van der Waals surface area (Å²) in [6.07, 6.45) is 2.14. The van der Waals surface area contributed by atoms with Crippen molar-refractivity contribution in [3.63, 3.8) is 0 Å². The number of hydrogen-bond donors (Lipinski definition) is 0. The van der Waals surface area contributed by atoms with Crippen molar-refractivity contribution >= 4 is 0 Å². The van der Waals surface area contributed by atoms with Gasteiger partial charge in [-0.25, -0.2) is 0 Å². The fourth-order valence-electron chi connectivity index (χ4n) is 0.941. The highest BCUT2D eigenvalue weighted by atomic mass is 14.1. The van der Waals surface area contributed by atoms with E-state index < -0.39 is 0 Å². The van der Waals surface area contributed by atoms with Crippen molar-refractivity contribution in [1.29, 1.82) is 0 Å². The maximum absolute atomic E-state index is 4.06. The molecule has 0 amide bonds. The minimum Gasteiger partial charge on any atom is -0.0955 e. The molecule has 0 aliphatic rings. The van der Waals surface area contributed by atoms with E-state index in [0.29, 0.717) is 17.8 Å². The summed E-state index contributed by atoms with van der Waals surface area (Å²) < 4.78 is 0. The Balaban J connectivity index is 4.85. The molecule has 0 fully saturated rings. The summed E-state index contributed by atoms with van der Waals surface area (Å²) in [5.74, 6) is 7.87. The highest BCUT2D eigenvalue weighted by molar-refractivity contribution is 5.36. The van der Waals surface area contributed by atoms with E-state index in [-0.39, 0.29) is 0 Å². The lowest BCUT2D eigenvalue weighted by Gasteiger charge is -2.08. The summed E-state index contributed by atoms with van der Waals surface area (Å²) in [6, 6.07) is 0. The first-order valence-electron chi connectivity index (χ1n) is 5.76. The third-order valence-corrected chi connectivity index (χ3v) is 2.21. The van der Waals surface area contributed by atoms with E-state index >= 15 is 0 Å². The highest BCUT2D eigenvalue weighted by Gasteiger charge is 2.03. The normalized spacial score (nSPS) is 11.9. The molecule has 15 heavy (non-hydrogen) atoms. The Labute approximate surface area is 95.5 Å². The van der Waals surface area contributed by atoms with Crippen molar-refractivity contribution in [2.75, 3.05) is 0 Å². The Morgan fingerprint density at radius 1 is 1.00 bits per heavy atom. The predicted molar refractivity (Wildman–Crippen MR) is 69.5 cm³/mol. The van der Waals surface area contributed by atoms with Crippen molar-refractivity contribution in [2.45, 2.75) is 41.5 Å². The summed E-state index contributed by atoms with van der Waals surface area (Å²) in [4.78, 5) is 0. The Bertz CT molecular complexity index is 290. The highest BCUT2D eigenvalue weighted by Crippen LogP contribution is 2.16. The van der Waals surface area contributed by atoms with Gasteiger partial charge in [0.2, 0.25) is 0 Å². The van der Waals surface area contributed by atoms with Crippen LogP contribution in [0.2, 0.25) is 0 Å². The van der Waals surface area contributed by atoms with Crippen LogP contribution in [0.15, 0.2) is 23.8 Å². The molecule has 0 heterocycles. The van der Waals surface area contributed by atoms with Crippen LogP contribution in [0, 0.1) is 29.6 Å². The molecule has 0 rings (SSSR count). The van der Waals surface area contributed by atoms with Crippen LogP contribution in [-0.2, 0) is 0 Å². The molecule has 0 atom stereocenters. The maximum atomic E-state index is 4.06. The van der Waals surface area contributed by atoms with Crippen molar-refractivity contribution in [1.82, 2.24) is 0 Å². The van der Waals surface area contributed by atoms with Gasteiger partial charge in [0.1, 0.15) is 0 Å². The molecule has 0 unspecified atom stereocenters. The maximum Gasteiger partial charge on any atom is 0.0149 e. The molecule has 0 N–H and O–H groups in total. The molecule has 0 aliphatic heterocycles. The summed E-state index contributed by atoms with van der Waals surface area (Å²) in [6.45, 7) is 17.0. The molecule has 0 spiro atoms. The summed E-state index contributed by atoms with van der Waals surface area (Å²) >= 11 is 0. The molecule has 0 aromatic carbocycles. The summed E-state index contributed by atoms with van der Waals surface area (Å²) in [5, 5.41) is 0. The predicted octanol–water partition coefficient (Wildman–Crippen LogP) is 4.44. The monoisotopic (exact) mass is 204 g/mol. The topological polar surface area (TPSA) is 0 Å². The number of allylic oxidation sites excluding steroid dienone is 3. The zero-order valence-corrected chi connectivity index (χ0v) is 11.0. The van der Waals surface area contributed by atoms with E-state index in [9.17, 15) is 0 Å². The Morgan fingerprint density at radius 3 is 1.87 bits per heavy atom. The lowest BCUT2D eigenvalue weighted by atomic mass is 9.96. The lowest BCUT2D eigenvalue weighted by Crippen LogP contribution is -1.96. The molecule has 0 radical (unpaired) electrons. The van der Waals surface area contributed by atoms with E-state index in [1.54, 1.807) is 0 Å². The van der Waals surface area contributed by atoms with Crippen molar-refractivity contribution in [3.8, 4) is 11.8 Å². The fourth-order valence-corrected chi connectivity index (χ4v) is 0.941. The minimum atomic E-state index is 0.430. The molecule has 0 aromatic rings. The van der Waals surface area contributed by atoms with Crippen LogP contribution in [0.4, 0.5) is 0 Å². The number of rotatable bonds is 3. The molecular weight excluding hydrogens is 180 g/mol. The van der Waals surface area contributed by atoms with Gasteiger partial charge in [-0.15, -0.1) is 0 Å². The van der Waals surface area contributed by atoms with Crippen LogP contribution in [0.5, 0.6) is 0 Å². The third-order valence-electron chi connectivity index (χ3n) is 2.21. The Hall–Kier alpha value is -0.960. The first kappa shape index (κ1) is 14.0. The first-order chi connectivity index (χ1) is 6.84. The Morgan fingerprint density at radius 2 is 1.53 bits per heavy atom. The second-order valence-electron chi connectivity index (χ2n) is 4.91. The summed E-state index contributed by atoms with van der Waals surface area (Å²) in [7, 11) is 0. The van der Waals surface area contributed by atoms with Gasteiger partial charge in [-0.05, 0) is 17.9 Å². The van der Waals surface area contributed by atoms with E-state index in [0.717, 1.165) is 5.57 Å². The van der Waals surface area contributed by atoms with Crippen LogP contribution >= 0.6 is 0 Å². The van der Waals surface area contributed by atoms with Crippen LogP contribution in [0.1, 0.15) is 41.5 Å². The van der Waals surface area contributed by atoms with Gasteiger partial charge >= 0.3 is 0 Å². The molecule has 0 nitrogen and oxygen atoms in total. The number of hydrogen-bond acceptors (Lipinski definition) is 0. The quantitative estimate of drug-likeness (QED) is 0.471. The van der Waals surface area contributed by atoms with Gasteiger partial charge in [-0.3, -0.25) is 0 Å². The van der Waals surface area contributed by atoms with Gasteiger partial charge in [0.15, 0.2) is 0 Å². The second-order valence-corrected chi connectivity index (χ2v) is 4.91. The van der Waals surface area contributed by atoms with Crippen LogP contribution in [-0.4, -0.2) is 0 Å². The molecule has 0 bridgehead atoms. The third kappa shape index (κ3) is 6.18. The van der Waals surface area contributed by atoms with Crippen LogP contribution in [0.25, 0.3) is 0 Å². The molecule has 0 heteroatoms. The average Bonchev–Trinajstić information content (AvgIpc) is 2.10. The molecular formula is C15H24. The van der Waals surface area contributed by atoms with Crippen molar-refractivity contribution in [3.05, 3.63) is 23.8 Å². The van der Waals surface area contributed by atoms with Gasteiger partial charge < -0.3 is 0 Å². The molecule has 84 valence electrons. The van der Waals surface area contributed by atoms with E-state index in [2.05, 4.69) is 66.0 Å². The molecule has 0 aromatic heterocycles. The standard InChI is InChI=1S/C15H24/c1-11(2)8-9-15(13(5)6)10-14(7)12(3)4/h10-13H,7H2,1-6H3/b15-10-. The Kier molecular flexibility index (Phi) is 6.09. The zero-order chi connectivity index (χ0) is 12.0. The zero-order valence-electron chi connectivity index (χ0n) is 11.0. The van der Waals surface area contributed by atoms with Gasteiger partial charge in [0.05, 0.1) is 0 Å².